The molecule has 3 aromatic rings. The van der Waals surface area contributed by atoms with Gasteiger partial charge in [-0.1, -0.05) is 30.3 Å². The van der Waals surface area contributed by atoms with E-state index in [0.29, 0.717) is 37.0 Å². The van der Waals surface area contributed by atoms with E-state index < -0.39 is 22.5 Å². The molecule has 1 aliphatic rings. The first-order chi connectivity index (χ1) is 16.9. The second-order valence-electron chi connectivity index (χ2n) is 7.94. The maximum absolute atomic E-state index is 13.6. The first-order valence-corrected chi connectivity index (χ1v) is 12.8. The first-order valence-electron chi connectivity index (χ1n) is 11.4. The van der Waals surface area contributed by atoms with Gasteiger partial charge < -0.3 is 19.5 Å². The van der Waals surface area contributed by atoms with Gasteiger partial charge in [0.25, 0.3) is 10.0 Å². The number of hydrogen-bond acceptors (Lipinski definition) is 6. The molecule has 0 aromatic heterocycles. The quantitative estimate of drug-likeness (QED) is 0.483. The van der Waals surface area contributed by atoms with E-state index in [4.69, 9.17) is 14.2 Å². The second kappa shape index (κ2) is 10.7. The molecule has 0 saturated heterocycles. The summed E-state index contributed by atoms with van der Waals surface area (Å²) in [4.78, 5) is 13.1. The van der Waals surface area contributed by atoms with Gasteiger partial charge >= 0.3 is 0 Å². The number of carbonyl (C=O) groups excluding carboxylic acids is 1. The molecule has 3 aromatic carbocycles. The minimum Gasteiger partial charge on any atom is -0.494 e. The Morgan fingerprint density at radius 3 is 2.37 bits per heavy atom. The van der Waals surface area contributed by atoms with Gasteiger partial charge in [0.15, 0.2) is 11.5 Å². The number of anilines is 1. The van der Waals surface area contributed by atoms with E-state index in [0.717, 1.165) is 15.6 Å². The van der Waals surface area contributed by atoms with Gasteiger partial charge in [0.2, 0.25) is 5.91 Å². The normalized spacial score (nSPS) is 13.5. The standard InChI is InChI=1S/C26H28N2O6S/c1-3-32-22-12-9-20(10-13-22)19(2)27-26(29)18-28(35(30,31)23-7-5-4-6-8-23)21-11-14-24-25(17-21)34-16-15-33-24/h4-14,17,19H,3,15-16,18H2,1-2H3,(H,27,29)/t19-/m0/s1. The van der Waals surface area contributed by atoms with E-state index >= 15 is 0 Å². The molecule has 1 N–H and O–H groups in total. The molecular weight excluding hydrogens is 468 g/mol. The van der Waals surface area contributed by atoms with Crippen molar-refractivity contribution >= 4 is 21.6 Å². The van der Waals surface area contributed by atoms with Gasteiger partial charge in [-0.2, -0.15) is 0 Å². The number of nitrogens with one attached hydrogen (secondary N) is 1. The van der Waals surface area contributed by atoms with Crippen molar-refractivity contribution < 1.29 is 27.4 Å². The van der Waals surface area contributed by atoms with Crippen LogP contribution in [0.5, 0.6) is 17.2 Å². The summed E-state index contributed by atoms with van der Waals surface area (Å²) in [6, 6.07) is 19.9. The summed E-state index contributed by atoms with van der Waals surface area (Å²) < 4.78 is 44.8. The van der Waals surface area contributed by atoms with Crippen LogP contribution in [0.4, 0.5) is 5.69 Å². The van der Waals surface area contributed by atoms with Crippen molar-refractivity contribution in [3.63, 3.8) is 0 Å². The first kappa shape index (κ1) is 24.4. The number of fused-ring (bicyclic) bond motifs is 1. The molecule has 1 aliphatic heterocycles. The molecule has 0 aliphatic carbocycles. The summed E-state index contributed by atoms with van der Waals surface area (Å²) in [7, 11) is -4.03. The molecule has 0 fully saturated rings. The van der Waals surface area contributed by atoms with Gasteiger partial charge in [0, 0.05) is 6.07 Å². The van der Waals surface area contributed by atoms with E-state index in [1.165, 1.54) is 12.1 Å². The monoisotopic (exact) mass is 496 g/mol. The molecule has 8 nitrogen and oxygen atoms in total. The number of nitrogens with zero attached hydrogens (tertiary/aromatic N) is 1. The van der Waals surface area contributed by atoms with Crippen LogP contribution in [0.3, 0.4) is 0 Å². The van der Waals surface area contributed by atoms with Crippen molar-refractivity contribution in [1.29, 1.82) is 0 Å². The fourth-order valence-corrected chi connectivity index (χ4v) is 5.18. The average Bonchev–Trinajstić information content (AvgIpc) is 2.88. The average molecular weight is 497 g/mol. The third-order valence-electron chi connectivity index (χ3n) is 5.50. The predicted octanol–water partition coefficient (Wildman–Crippen LogP) is 3.93. The zero-order valence-corrected chi connectivity index (χ0v) is 20.5. The summed E-state index contributed by atoms with van der Waals surface area (Å²) in [6.07, 6.45) is 0. The third-order valence-corrected chi connectivity index (χ3v) is 7.29. The van der Waals surface area contributed by atoms with Gasteiger partial charge in [-0.15, -0.1) is 0 Å². The highest BCUT2D eigenvalue weighted by atomic mass is 32.2. The van der Waals surface area contributed by atoms with Crippen molar-refractivity contribution in [1.82, 2.24) is 5.32 Å². The number of amides is 1. The number of ether oxygens (including phenoxy) is 3. The second-order valence-corrected chi connectivity index (χ2v) is 9.81. The van der Waals surface area contributed by atoms with Crippen LogP contribution < -0.4 is 23.8 Å². The maximum Gasteiger partial charge on any atom is 0.264 e. The zero-order valence-electron chi connectivity index (χ0n) is 19.6. The highest BCUT2D eigenvalue weighted by molar-refractivity contribution is 7.92. The third kappa shape index (κ3) is 5.68. The molecule has 1 heterocycles. The molecule has 9 heteroatoms. The minimum atomic E-state index is -4.03. The lowest BCUT2D eigenvalue weighted by Crippen LogP contribution is -2.41. The molecule has 0 saturated carbocycles. The van der Waals surface area contributed by atoms with Crippen LogP contribution in [-0.4, -0.2) is 40.7 Å². The van der Waals surface area contributed by atoms with E-state index in [1.54, 1.807) is 36.4 Å². The fourth-order valence-electron chi connectivity index (χ4n) is 3.74. The summed E-state index contributed by atoms with van der Waals surface area (Å²) >= 11 is 0. The van der Waals surface area contributed by atoms with Crippen molar-refractivity contribution in [3.05, 3.63) is 78.4 Å². The van der Waals surface area contributed by atoms with Crippen LogP contribution in [-0.2, 0) is 14.8 Å². The largest absolute Gasteiger partial charge is 0.494 e. The molecule has 184 valence electrons. The van der Waals surface area contributed by atoms with E-state index in [2.05, 4.69) is 5.32 Å². The highest BCUT2D eigenvalue weighted by Gasteiger charge is 2.29. The van der Waals surface area contributed by atoms with Crippen LogP contribution in [0.2, 0.25) is 0 Å². The van der Waals surface area contributed by atoms with Gasteiger partial charge in [0.05, 0.1) is 23.2 Å². The molecule has 1 amide bonds. The lowest BCUT2D eigenvalue weighted by atomic mass is 10.1. The molecule has 0 spiro atoms. The minimum absolute atomic E-state index is 0.0854. The number of rotatable bonds is 9. The van der Waals surface area contributed by atoms with E-state index in [9.17, 15) is 13.2 Å². The Kier molecular flexibility index (Phi) is 7.45. The van der Waals surface area contributed by atoms with E-state index in [-0.39, 0.29) is 10.9 Å². The Balaban J connectivity index is 1.58. The summed E-state index contributed by atoms with van der Waals surface area (Å²) in [5.74, 6) is 1.27. The van der Waals surface area contributed by atoms with Crippen molar-refractivity contribution in [3.8, 4) is 17.2 Å². The van der Waals surface area contributed by atoms with Crippen LogP contribution in [0.25, 0.3) is 0 Å². The van der Waals surface area contributed by atoms with Crippen LogP contribution in [0, 0.1) is 0 Å². The molecule has 0 unspecified atom stereocenters. The molecule has 0 radical (unpaired) electrons. The number of carbonyl (C=O) groups is 1. The van der Waals surface area contributed by atoms with Crippen LogP contribution >= 0.6 is 0 Å². The molecule has 0 bridgehead atoms. The summed E-state index contributed by atoms with van der Waals surface area (Å²) in [5, 5.41) is 2.89. The SMILES string of the molecule is CCOc1ccc([C@H](C)NC(=O)CN(c2ccc3c(c2)OCCO3)S(=O)(=O)c2ccccc2)cc1. The lowest BCUT2D eigenvalue weighted by molar-refractivity contribution is -0.120. The molecule has 35 heavy (non-hydrogen) atoms. The van der Waals surface area contributed by atoms with Crippen molar-refractivity contribution in [2.45, 2.75) is 24.8 Å². The summed E-state index contributed by atoms with van der Waals surface area (Å²) in [5.41, 5.74) is 1.18. The van der Waals surface area contributed by atoms with Crippen LogP contribution in [0.15, 0.2) is 77.7 Å². The zero-order chi connectivity index (χ0) is 24.8. The Hall–Kier alpha value is -3.72. The fraction of sp³-hybridized carbons (Fsp3) is 0.269. The van der Waals surface area contributed by atoms with Crippen molar-refractivity contribution in [2.24, 2.45) is 0 Å². The Morgan fingerprint density at radius 2 is 1.69 bits per heavy atom. The highest BCUT2D eigenvalue weighted by Crippen LogP contribution is 2.35. The van der Waals surface area contributed by atoms with Crippen molar-refractivity contribution in [2.75, 3.05) is 30.7 Å². The number of sulfonamides is 1. The number of benzene rings is 3. The van der Waals surface area contributed by atoms with Gasteiger partial charge in [-0.05, 0) is 55.8 Å². The van der Waals surface area contributed by atoms with Gasteiger partial charge in [-0.3, -0.25) is 9.10 Å². The maximum atomic E-state index is 13.6. The topological polar surface area (TPSA) is 94.2 Å². The smallest absolute Gasteiger partial charge is 0.264 e. The summed E-state index contributed by atoms with van der Waals surface area (Å²) in [6.45, 7) is 4.70. The number of hydrogen-bond donors (Lipinski definition) is 1. The molecular formula is C26H28N2O6S. The van der Waals surface area contributed by atoms with E-state index in [1.807, 2.05) is 38.1 Å². The van der Waals surface area contributed by atoms with Gasteiger partial charge in [-0.25, -0.2) is 8.42 Å². The Labute approximate surface area is 205 Å². The molecule has 4 rings (SSSR count). The van der Waals surface area contributed by atoms with Gasteiger partial charge in [0.1, 0.15) is 25.5 Å². The van der Waals surface area contributed by atoms with Crippen LogP contribution in [0.1, 0.15) is 25.5 Å². The Bertz CT molecular complexity index is 1260. The predicted molar refractivity (Wildman–Crippen MR) is 133 cm³/mol. The molecule has 1 atom stereocenters. The lowest BCUT2D eigenvalue weighted by Gasteiger charge is -2.27. The Morgan fingerprint density at radius 1 is 1.00 bits per heavy atom.